The first-order chi connectivity index (χ1) is 4.83. The van der Waals surface area contributed by atoms with Gasteiger partial charge in [-0.2, -0.15) is 0 Å². The van der Waals surface area contributed by atoms with E-state index in [2.05, 4.69) is 8.85 Å². The van der Waals surface area contributed by atoms with E-state index in [9.17, 15) is 0 Å². The van der Waals surface area contributed by atoms with Crippen LogP contribution < -0.4 is 0 Å². The van der Waals surface area contributed by atoms with E-state index < -0.39 is 14.4 Å². The number of rotatable bonds is 4. The van der Waals surface area contributed by atoms with Crippen molar-refractivity contribution in [3.63, 3.8) is 0 Å². The molecule has 0 atom stereocenters. The van der Waals surface area contributed by atoms with E-state index in [4.69, 9.17) is 48.4 Å². The minimum absolute atomic E-state index is 1.31. The molecule has 0 aromatic carbocycles. The molecule has 0 radical (unpaired) electrons. The van der Waals surface area contributed by atoms with Gasteiger partial charge in [-0.1, -0.05) is 44.3 Å². The highest BCUT2D eigenvalue weighted by molar-refractivity contribution is 7.47. The molecule has 3 nitrogen and oxygen atoms in total. The van der Waals surface area contributed by atoms with Crippen molar-refractivity contribution in [1.82, 2.24) is 0 Å². The molecule has 0 aliphatic heterocycles. The van der Waals surface area contributed by atoms with Gasteiger partial charge in [-0.3, -0.25) is 0 Å². The number of hydrogen-bond donors (Lipinski definition) is 0. The summed E-state index contributed by atoms with van der Waals surface area (Å²) in [6, 6.07) is 0. The van der Waals surface area contributed by atoms with Crippen LogP contribution in [0, 0.1) is 0 Å². The van der Waals surface area contributed by atoms with Crippen molar-refractivity contribution < 1.29 is 13.0 Å². The van der Waals surface area contributed by atoms with Gasteiger partial charge in [-0.05, 0) is 0 Å². The largest absolute Gasteiger partial charge is 0.543 e. The molecule has 11 heavy (non-hydrogen) atoms. The molecule has 0 saturated carbocycles. The Labute approximate surface area is 85.7 Å². The van der Waals surface area contributed by atoms with E-state index in [1.54, 1.807) is 0 Å². The van der Waals surface area contributed by atoms with Gasteiger partial charge in [0.25, 0.3) is 0 Å². The quantitative estimate of drug-likeness (QED) is 0.581. The Bertz CT molecular complexity index is 117. The topological polar surface area (TPSA) is 27.7 Å². The highest BCUT2D eigenvalue weighted by Gasteiger charge is 2.46. The van der Waals surface area contributed by atoms with Gasteiger partial charge in [0.15, 0.2) is 0 Å². The molecular weight excluding hydrogens is 270 g/mol. The van der Waals surface area contributed by atoms with Gasteiger partial charge in [0.1, 0.15) is 0 Å². The Morgan fingerprint density at radius 2 is 1.09 bits per heavy atom. The van der Waals surface area contributed by atoms with Crippen LogP contribution in [-0.4, -0.2) is 28.6 Å². The summed E-state index contributed by atoms with van der Waals surface area (Å²) >= 11 is 22.1. The third-order valence-electron chi connectivity index (χ3n) is 0.713. The molecule has 0 aromatic heterocycles. The zero-order valence-corrected chi connectivity index (χ0v) is 10.8. The molecule has 0 unspecified atom stereocenters. The monoisotopic (exact) mass is 274 g/mol. The summed E-state index contributed by atoms with van der Waals surface area (Å²) in [4.78, 5) is 0. The SMILES string of the molecule is CO[Si](Cl)(Cl)O[Si](Cl)(Cl)OC. The van der Waals surface area contributed by atoms with Gasteiger partial charge in [-0.25, -0.2) is 0 Å². The highest BCUT2D eigenvalue weighted by atomic mass is 35.7. The summed E-state index contributed by atoms with van der Waals surface area (Å²) in [7, 11) is -3.82. The predicted molar refractivity (Wildman–Crippen MR) is 50.0 cm³/mol. The van der Waals surface area contributed by atoms with Crippen LogP contribution in [-0.2, 0) is 13.0 Å². The van der Waals surface area contributed by atoms with Gasteiger partial charge < -0.3 is 13.0 Å². The molecule has 0 bridgehead atoms. The first-order valence-electron chi connectivity index (χ1n) is 2.39. The molecular formula is C2H6Cl4O3Si2. The number of halogens is 4. The van der Waals surface area contributed by atoms with Crippen molar-refractivity contribution >= 4 is 58.7 Å². The minimum atomic E-state index is -3.22. The fourth-order valence-electron chi connectivity index (χ4n) is 0.222. The summed E-state index contributed by atoms with van der Waals surface area (Å²) in [5.74, 6) is 0. The fourth-order valence-corrected chi connectivity index (χ4v) is 7.33. The lowest BCUT2D eigenvalue weighted by Gasteiger charge is -2.21. The van der Waals surface area contributed by atoms with E-state index in [-0.39, 0.29) is 0 Å². The Hall–Kier alpha value is 1.47. The van der Waals surface area contributed by atoms with E-state index in [0.717, 1.165) is 0 Å². The first-order valence-corrected chi connectivity index (χ1v) is 10.1. The van der Waals surface area contributed by atoms with Crippen molar-refractivity contribution in [2.24, 2.45) is 0 Å². The Morgan fingerprint density at radius 3 is 1.27 bits per heavy atom. The molecule has 0 aromatic rings. The summed E-state index contributed by atoms with van der Waals surface area (Å²) < 4.78 is 14.0. The minimum Gasteiger partial charge on any atom is -0.375 e. The smallest absolute Gasteiger partial charge is 0.375 e. The zero-order valence-electron chi connectivity index (χ0n) is 5.74. The molecule has 0 amide bonds. The third kappa shape index (κ3) is 5.67. The van der Waals surface area contributed by atoms with Crippen LogP contribution in [0.3, 0.4) is 0 Å². The van der Waals surface area contributed by atoms with Crippen molar-refractivity contribution in [3.05, 3.63) is 0 Å². The van der Waals surface area contributed by atoms with Crippen LogP contribution in [0.2, 0.25) is 0 Å². The van der Waals surface area contributed by atoms with Crippen molar-refractivity contribution in [2.45, 2.75) is 0 Å². The van der Waals surface area contributed by atoms with E-state index in [1.165, 1.54) is 14.2 Å². The van der Waals surface area contributed by atoms with Gasteiger partial charge in [0.05, 0.1) is 0 Å². The molecule has 0 fully saturated rings. The lowest BCUT2D eigenvalue weighted by Crippen LogP contribution is -2.41. The summed E-state index contributed by atoms with van der Waals surface area (Å²) in [6.07, 6.45) is 0. The molecule has 0 spiro atoms. The highest BCUT2D eigenvalue weighted by Crippen LogP contribution is 2.27. The fraction of sp³-hybridized carbons (Fsp3) is 1.00. The molecule has 0 saturated heterocycles. The second-order valence-corrected chi connectivity index (χ2v) is 12.1. The Kier molecular flexibility index (Phi) is 5.26. The number of hydrogen-bond acceptors (Lipinski definition) is 3. The Balaban J connectivity index is 4.02. The molecule has 0 aliphatic carbocycles. The average Bonchev–Trinajstić information content (AvgIpc) is 1.86. The second kappa shape index (κ2) is 4.64. The van der Waals surface area contributed by atoms with Crippen molar-refractivity contribution in [2.75, 3.05) is 14.2 Å². The molecule has 68 valence electrons. The molecule has 0 heterocycles. The standard InChI is InChI=1S/C2H6Cl4O3Si2/c1-7-10(3,4)9-11(5,6)8-2/h1-2H3. The van der Waals surface area contributed by atoms with Crippen LogP contribution in [0.5, 0.6) is 0 Å². The normalized spacial score (nSPS) is 13.6. The van der Waals surface area contributed by atoms with E-state index >= 15 is 0 Å². The summed E-state index contributed by atoms with van der Waals surface area (Å²) in [5.41, 5.74) is 0. The molecule has 9 heteroatoms. The molecule has 0 rings (SSSR count). The molecule has 0 aliphatic rings. The van der Waals surface area contributed by atoms with Gasteiger partial charge in [0, 0.05) is 14.2 Å². The molecule has 0 N–H and O–H groups in total. The first kappa shape index (κ1) is 12.5. The zero-order chi connectivity index (χ0) is 9.12. The van der Waals surface area contributed by atoms with E-state index in [0.29, 0.717) is 0 Å². The summed E-state index contributed by atoms with van der Waals surface area (Å²) in [6.45, 7) is 0. The Morgan fingerprint density at radius 1 is 0.818 bits per heavy atom. The van der Waals surface area contributed by atoms with Gasteiger partial charge in [0.2, 0.25) is 0 Å². The van der Waals surface area contributed by atoms with Crippen molar-refractivity contribution in [1.29, 1.82) is 0 Å². The van der Waals surface area contributed by atoms with E-state index in [1.807, 2.05) is 0 Å². The van der Waals surface area contributed by atoms with Gasteiger partial charge in [-0.15, -0.1) is 0 Å². The predicted octanol–water partition coefficient (Wildman–Crippen LogP) is 2.12. The van der Waals surface area contributed by atoms with Crippen molar-refractivity contribution in [3.8, 4) is 0 Å². The van der Waals surface area contributed by atoms with Crippen LogP contribution in [0.1, 0.15) is 0 Å². The van der Waals surface area contributed by atoms with Crippen LogP contribution in [0.25, 0.3) is 0 Å². The maximum absolute atomic E-state index is 5.53. The average molecular weight is 276 g/mol. The van der Waals surface area contributed by atoms with Crippen LogP contribution in [0.4, 0.5) is 0 Å². The maximum atomic E-state index is 5.53. The maximum Gasteiger partial charge on any atom is 0.543 e. The third-order valence-corrected chi connectivity index (χ3v) is 8.19. The van der Waals surface area contributed by atoms with Gasteiger partial charge >= 0.3 is 14.4 Å². The lowest BCUT2D eigenvalue weighted by atomic mass is 11.8. The van der Waals surface area contributed by atoms with Crippen LogP contribution >= 0.6 is 44.3 Å². The second-order valence-electron chi connectivity index (χ2n) is 1.44. The van der Waals surface area contributed by atoms with Crippen LogP contribution in [0.15, 0.2) is 0 Å². The lowest BCUT2D eigenvalue weighted by molar-refractivity contribution is 0.293. The summed E-state index contributed by atoms with van der Waals surface area (Å²) in [5, 5.41) is 0.